The molecule has 2 fully saturated rings. The van der Waals surface area contributed by atoms with Crippen molar-refractivity contribution in [3.05, 3.63) is 35.4 Å². The lowest BCUT2D eigenvalue weighted by molar-refractivity contribution is 0.153. The number of rotatable bonds is 4. The maximum Gasteiger partial charge on any atom is 0.133 e. The fourth-order valence-corrected chi connectivity index (χ4v) is 4.61. The highest BCUT2D eigenvalue weighted by molar-refractivity contribution is 5.82. The number of benzene rings is 1. The highest BCUT2D eigenvalue weighted by atomic mass is 16.3. The topological polar surface area (TPSA) is 42.8 Å². The SMILES string of the molecule is CCN1CCCN(Cc2cc3cc(C)ccc3nc2N2CCC[C@@H](O)C2)CC1. The summed E-state index contributed by atoms with van der Waals surface area (Å²) >= 11 is 0. The predicted molar refractivity (Wildman–Crippen MR) is 116 cm³/mol. The summed E-state index contributed by atoms with van der Waals surface area (Å²) in [6.45, 7) is 12.8. The first-order chi connectivity index (χ1) is 13.6. The zero-order valence-electron chi connectivity index (χ0n) is 17.4. The summed E-state index contributed by atoms with van der Waals surface area (Å²) < 4.78 is 0. The van der Waals surface area contributed by atoms with Crippen molar-refractivity contribution in [3.63, 3.8) is 0 Å². The number of aromatic nitrogens is 1. The first-order valence-electron chi connectivity index (χ1n) is 10.9. The van der Waals surface area contributed by atoms with E-state index in [-0.39, 0.29) is 6.10 Å². The number of aliphatic hydroxyl groups excluding tert-OH is 1. The molecule has 2 saturated heterocycles. The molecule has 2 aliphatic heterocycles. The van der Waals surface area contributed by atoms with Crippen LogP contribution in [0.5, 0.6) is 0 Å². The Morgan fingerprint density at radius 3 is 2.68 bits per heavy atom. The number of hydrogen-bond acceptors (Lipinski definition) is 5. The van der Waals surface area contributed by atoms with E-state index in [0.717, 1.165) is 63.4 Å². The van der Waals surface area contributed by atoms with E-state index < -0.39 is 0 Å². The van der Waals surface area contributed by atoms with Gasteiger partial charge in [0.1, 0.15) is 5.82 Å². The second kappa shape index (κ2) is 8.76. The molecule has 4 rings (SSSR count). The largest absolute Gasteiger partial charge is 0.391 e. The van der Waals surface area contributed by atoms with Crippen LogP contribution >= 0.6 is 0 Å². The number of fused-ring (bicyclic) bond motifs is 1. The Hall–Kier alpha value is -1.69. The van der Waals surface area contributed by atoms with Gasteiger partial charge in [0.2, 0.25) is 0 Å². The van der Waals surface area contributed by atoms with Gasteiger partial charge in [-0.15, -0.1) is 0 Å². The smallest absolute Gasteiger partial charge is 0.133 e. The van der Waals surface area contributed by atoms with E-state index in [1.165, 1.54) is 29.5 Å². The van der Waals surface area contributed by atoms with E-state index in [1.807, 2.05) is 0 Å². The van der Waals surface area contributed by atoms with Crippen LogP contribution in [0.2, 0.25) is 0 Å². The fraction of sp³-hybridized carbons (Fsp3) is 0.609. The number of β-amino-alcohol motifs (C(OH)–C–C–N with tert-alkyl or cyclic N) is 1. The molecule has 1 atom stereocenters. The zero-order chi connectivity index (χ0) is 19.5. The Kier molecular flexibility index (Phi) is 6.14. The molecule has 2 aliphatic rings. The number of pyridine rings is 1. The number of hydrogen-bond donors (Lipinski definition) is 1. The molecule has 0 aliphatic carbocycles. The minimum Gasteiger partial charge on any atom is -0.391 e. The van der Waals surface area contributed by atoms with Crippen molar-refractivity contribution in [2.75, 3.05) is 50.7 Å². The van der Waals surface area contributed by atoms with E-state index in [2.05, 4.69) is 52.8 Å². The molecule has 0 saturated carbocycles. The van der Waals surface area contributed by atoms with Crippen LogP contribution in [-0.2, 0) is 6.54 Å². The zero-order valence-corrected chi connectivity index (χ0v) is 17.4. The van der Waals surface area contributed by atoms with Gasteiger partial charge in [-0.3, -0.25) is 4.90 Å². The van der Waals surface area contributed by atoms with Crippen LogP contribution in [0, 0.1) is 6.92 Å². The normalized spacial score (nSPS) is 22.5. The highest BCUT2D eigenvalue weighted by Crippen LogP contribution is 2.28. The monoisotopic (exact) mass is 382 g/mol. The van der Waals surface area contributed by atoms with Gasteiger partial charge in [-0.05, 0) is 64.0 Å². The predicted octanol–water partition coefficient (Wildman–Crippen LogP) is 3.03. The summed E-state index contributed by atoms with van der Waals surface area (Å²) in [6.07, 6.45) is 2.92. The van der Waals surface area contributed by atoms with Crippen LogP contribution in [0.4, 0.5) is 5.82 Å². The molecule has 5 heteroatoms. The van der Waals surface area contributed by atoms with E-state index in [4.69, 9.17) is 4.98 Å². The standard InChI is InChI=1S/C23H34N4O/c1-3-25-9-5-10-26(13-12-25)16-20-15-19-14-18(2)7-8-22(19)24-23(20)27-11-4-6-21(28)17-27/h7-8,14-15,21,28H,3-6,9-13,16-17H2,1-2H3/t21-/m1/s1. The molecule has 0 spiro atoms. The Morgan fingerprint density at radius 2 is 1.86 bits per heavy atom. The van der Waals surface area contributed by atoms with E-state index >= 15 is 0 Å². The molecule has 1 N–H and O–H groups in total. The second-order valence-corrected chi connectivity index (χ2v) is 8.47. The van der Waals surface area contributed by atoms with Gasteiger partial charge < -0.3 is 14.9 Å². The van der Waals surface area contributed by atoms with Crippen LogP contribution in [0.25, 0.3) is 10.9 Å². The van der Waals surface area contributed by atoms with E-state index in [9.17, 15) is 5.11 Å². The van der Waals surface area contributed by atoms with Crippen molar-refractivity contribution in [2.45, 2.75) is 45.8 Å². The van der Waals surface area contributed by atoms with E-state index in [1.54, 1.807) is 0 Å². The minimum atomic E-state index is -0.242. The fourth-order valence-electron chi connectivity index (χ4n) is 4.61. The van der Waals surface area contributed by atoms with Crippen molar-refractivity contribution >= 4 is 16.7 Å². The number of aliphatic hydroxyl groups is 1. The van der Waals surface area contributed by atoms with Gasteiger partial charge in [0.15, 0.2) is 0 Å². The number of likely N-dealkylation sites (N-methyl/N-ethyl adjacent to an activating group) is 1. The van der Waals surface area contributed by atoms with Crippen molar-refractivity contribution in [3.8, 4) is 0 Å². The number of nitrogens with zero attached hydrogens (tertiary/aromatic N) is 4. The number of aryl methyl sites for hydroxylation is 1. The van der Waals surface area contributed by atoms with Gasteiger partial charge in [0.25, 0.3) is 0 Å². The first kappa shape index (κ1) is 19.6. The van der Waals surface area contributed by atoms with E-state index in [0.29, 0.717) is 6.54 Å². The van der Waals surface area contributed by atoms with Crippen molar-refractivity contribution in [1.29, 1.82) is 0 Å². The Morgan fingerprint density at radius 1 is 1.04 bits per heavy atom. The summed E-state index contributed by atoms with van der Waals surface area (Å²) in [5, 5.41) is 11.4. The minimum absolute atomic E-state index is 0.242. The molecule has 0 radical (unpaired) electrons. The van der Waals surface area contributed by atoms with Crippen LogP contribution in [-0.4, -0.2) is 71.8 Å². The van der Waals surface area contributed by atoms with Crippen molar-refractivity contribution in [1.82, 2.24) is 14.8 Å². The number of piperidine rings is 1. The average molecular weight is 383 g/mol. The number of anilines is 1. The summed E-state index contributed by atoms with van der Waals surface area (Å²) in [5.74, 6) is 1.08. The second-order valence-electron chi connectivity index (χ2n) is 8.47. The summed E-state index contributed by atoms with van der Waals surface area (Å²) in [5.41, 5.74) is 3.63. The molecule has 2 aromatic rings. The van der Waals surface area contributed by atoms with Gasteiger partial charge in [-0.1, -0.05) is 18.6 Å². The Labute approximate surface area is 169 Å². The summed E-state index contributed by atoms with van der Waals surface area (Å²) in [7, 11) is 0. The van der Waals surface area contributed by atoms with Crippen LogP contribution in [0.1, 0.15) is 37.3 Å². The molecule has 0 unspecified atom stereocenters. The summed E-state index contributed by atoms with van der Waals surface area (Å²) in [4.78, 5) is 12.5. The maximum absolute atomic E-state index is 10.2. The van der Waals surface area contributed by atoms with Crippen molar-refractivity contribution in [2.24, 2.45) is 0 Å². The molecule has 5 nitrogen and oxygen atoms in total. The lowest BCUT2D eigenvalue weighted by atomic mass is 10.1. The van der Waals surface area contributed by atoms with Gasteiger partial charge in [0.05, 0.1) is 11.6 Å². The van der Waals surface area contributed by atoms with Crippen LogP contribution < -0.4 is 4.90 Å². The summed E-state index contributed by atoms with van der Waals surface area (Å²) in [6, 6.07) is 8.84. The quantitative estimate of drug-likeness (QED) is 0.880. The molecule has 28 heavy (non-hydrogen) atoms. The first-order valence-corrected chi connectivity index (χ1v) is 10.9. The highest BCUT2D eigenvalue weighted by Gasteiger charge is 2.23. The molecular weight excluding hydrogens is 348 g/mol. The third kappa shape index (κ3) is 4.48. The van der Waals surface area contributed by atoms with Crippen LogP contribution in [0.3, 0.4) is 0 Å². The van der Waals surface area contributed by atoms with Gasteiger partial charge >= 0.3 is 0 Å². The molecule has 1 aromatic heterocycles. The lowest BCUT2D eigenvalue weighted by Crippen LogP contribution is -2.39. The Balaban J connectivity index is 1.65. The molecule has 0 bridgehead atoms. The molecule has 3 heterocycles. The van der Waals surface area contributed by atoms with Crippen LogP contribution in [0.15, 0.2) is 24.3 Å². The Bertz CT molecular complexity index is 809. The molecule has 1 aromatic carbocycles. The molecule has 152 valence electrons. The third-order valence-electron chi connectivity index (χ3n) is 6.24. The van der Waals surface area contributed by atoms with Crippen molar-refractivity contribution < 1.29 is 5.11 Å². The van der Waals surface area contributed by atoms with Gasteiger partial charge in [-0.2, -0.15) is 0 Å². The maximum atomic E-state index is 10.2. The molecular formula is C23H34N4O. The lowest BCUT2D eigenvalue weighted by Gasteiger charge is -2.33. The third-order valence-corrected chi connectivity index (χ3v) is 6.24. The van der Waals surface area contributed by atoms with Gasteiger partial charge in [-0.25, -0.2) is 4.98 Å². The van der Waals surface area contributed by atoms with Gasteiger partial charge in [0, 0.05) is 43.7 Å². The molecule has 0 amide bonds. The average Bonchev–Trinajstić information content (AvgIpc) is 2.92.